The Morgan fingerprint density at radius 1 is 1.36 bits per heavy atom. The summed E-state index contributed by atoms with van der Waals surface area (Å²) < 4.78 is 1.16. The van der Waals surface area contributed by atoms with Crippen LogP contribution in [-0.2, 0) is 16.1 Å². The van der Waals surface area contributed by atoms with Gasteiger partial charge < -0.3 is 10.0 Å². The third kappa shape index (κ3) is 4.31. The molecule has 0 aromatic carbocycles. The second-order valence-electron chi connectivity index (χ2n) is 5.52. The summed E-state index contributed by atoms with van der Waals surface area (Å²) in [5.74, 6) is -0.849. The van der Waals surface area contributed by atoms with Crippen LogP contribution >= 0.6 is 0 Å². The quantitative estimate of drug-likeness (QED) is 0.771. The molecular formula is C14H19N3O5. The summed E-state index contributed by atoms with van der Waals surface area (Å²) in [5.41, 5.74) is -1.11. The van der Waals surface area contributed by atoms with E-state index in [1.165, 1.54) is 12.3 Å². The fourth-order valence-electron chi connectivity index (χ4n) is 2.67. The highest BCUT2D eigenvalue weighted by atomic mass is 16.4. The van der Waals surface area contributed by atoms with Gasteiger partial charge in [0.25, 0.3) is 5.56 Å². The highest BCUT2D eigenvalue weighted by Crippen LogP contribution is 2.21. The van der Waals surface area contributed by atoms with Crippen LogP contribution in [0.15, 0.2) is 21.9 Å². The lowest BCUT2D eigenvalue weighted by Crippen LogP contribution is -2.43. The van der Waals surface area contributed by atoms with Gasteiger partial charge in [-0.2, -0.15) is 0 Å². The highest BCUT2D eigenvalue weighted by molar-refractivity contribution is 5.76. The van der Waals surface area contributed by atoms with Crippen LogP contribution in [0.2, 0.25) is 0 Å². The van der Waals surface area contributed by atoms with Crippen molar-refractivity contribution in [3.63, 3.8) is 0 Å². The predicted molar refractivity (Wildman–Crippen MR) is 77.5 cm³/mol. The van der Waals surface area contributed by atoms with Crippen molar-refractivity contribution in [2.75, 3.05) is 13.1 Å². The van der Waals surface area contributed by atoms with Gasteiger partial charge in [0.1, 0.15) is 6.54 Å². The number of aromatic nitrogens is 2. The van der Waals surface area contributed by atoms with Gasteiger partial charge in [-0.15, -0.1) is 0 Å². The number of hydrogen-bond donors (Lipinski definition) is 2. The third-order valence-corrected chi connectivity index (χ3v) is 3.84. The number of aromatic amines is 1. The fourth-order valence-corrected chi connectivity index (χ4v) is 2.67. The van der Waals surface area contributed by atoms with Crippen molar-refractivity contribution in [1.29, 1.82) is 0 Å². The Balaban J connectivity index is 1.95. The average Bonchev–Trinajstić information content (AvgIpc) is 2.48. The molecule has 1 aromatic heterocycles. The maximum absolute atomic E-state index is 12.2. The van der Waals surface area contributed by atoms with E-state index in [9.17, 15) is 19.2 Å². The van der Waals surface area contributed by atoms with Crippen LogP contribution in [0.1, 0.15) is 25.7 Å². The summed E-state index contributed by atoms with van der Waals surface area (Å²) in [6, 6.07) is 1.19. The standard InChI is InChI=1S/C14H19N3O5/c18-11-5-7-17(14(22)15-11)9-12(19)16-6-1-2-10(8-16)3-4-13(20)21/h5,7,10H,1-4,6,8-9H2,(H,20,21)(H,15,18,22). The van der Waals surface area contributed by atoms with Gasteiger partial charge in [-0.25, -0.2) is 4.79 Å². The molecule has 2 N–H and O–H groups in total. The minimum absolute atomic E-state index is 0.103. The zero-order valence-electron chi connectivity index (χ0n) is 12.2. The van der Waals surface area contributed by atoms with E-state index in [1.54, 1.807) is 4.90 Å². The Morgan fingerprint density at radius 3 is 2.82 bits per heavy atom. The molecule has 8 heteroatoms. The lowest BCUT2D eigenvalue weighted by Gasteiger charge is -2.32. The van der Waals surface area contributed by atoms with Crippen molar-refractivity contribution < 1.29 is 14.7 Å². The van der Waals surface area contributed by atoms with Crippen LogP contribution < -0.4 is 11.2 Å². The number of carbonyl (C=O) groups excluding carboxylic acids is 1. The minimum Gasteiger partial charge on any atom is -0.481 e. The van der Waals surface area contributed by atoms with Crippen molar-refractivity contribution in [3.05, 3.63) is 33.1 Å². The second-order valence-corrected chi connectivity index (χ2v) is 5.52. The Hall–Kier alpha value is -2.38. The maximum Gasteiger partial charge on any atom is 0.328 e. The molecule has 0 radical (unpaired) electrons. The van der Waals surface area contributed by atoms with E-state index in [-0.39, 0.29) is 24.8 Å². The molecule has 2 heterocycles. The van der Waals surface area contributed by atoms with Crippen molar-refractivity contribution in [1.82, 2.24) is 14.5 Å². The van der Waals surface area contributed by atoms with Crippen LogP contribution in [0, 0.1) is 5.92 Å². The summed E-state index contributed by atoms with van der Waals surface area (Å²) in [5, 5.41) is 8.72. The molecular weight excluding hydrogens is 290 g/mol. The van der Waals surface area contributed by atoms with Crippen molar-refractivity contribution >= 4 is 11.9 Å². The molecule has 0 bridgehead atoms. The molecule has 120 valence electrons. The molecule has 1 amide bonds. The molecule has 1 aliphatic rings. The number of carboxylic acid groups (broad SMARTS) is 1. The molecule has 0 saturated carbocycles. The minimum atomic E-state index is -0.830. The van der Waals surface area contributed by atoms with Gasteiger partial charge >= 0.3 is 11.7 Å². The smallest absolute Gasteiger partial charge is 0.328 e. The molecule has 1 aromatic rings. The van der Waals surface area contributed by atoms with E-state index in [1.807, 2.05) is 0 Å². The van der Waals surface area contributed by atoms with Crippen LogP contribution in [0.25, 0.3) is 0 Å². The average molecular weight is 309 g/mol. The van der Waals surface area contributed by atoms with Gasteiger partial charge in [0, 0.05) is 31.8 Å². The van der Waals surface area contributed by atoms with Gasteiger partial charge in [0.05, 0.1) is 0 Å². The summed E-state index contributed by atoms with van der Waals surface area (Å²) >= 11 is 0. The first-order chi connectivity index (χ1) is 10.5. The summed E-state index contributed by atoms with van der Waals surface area (Å²) in [6.07, 6.45) is 3.70. The normalized spacial score (nSPS) is 18.2. The van der Waals surface area contributed by atoms with Crippen LogP contribution in [0.3, 0.4) is 0 Å². The number of likely N-dealkylation sites (tertiary alicyclic amines) is 1. The summed E-state index contributed by atoms with van der Waals surface area (Å²) in [4.78, 5) is 49.2. The number of amides is 1. The van der Waals surface area contributed by atoms with E-state index in [2.05, 4.69) is 4.98 Å². The van der Waals surface area contributed by atoms with Gasteiger partial charge in [-0.1, -0.05) is 0 Å². The molecule has 1 saturated heterocycles. The number of H-pyrrole nitrogens is 1. The summed E-state index contributed by atoms with van der Waals surface area (Å²) in [7, 11) is 0. The van der Waals surface area contributed by atoms with Crippen molar-refractivity contribution in [2.45, 2.75) is 32.2 Å². The first kappa shape index (κ1) is 16.0. The Morgan fingerprint density at radius 2 is 2.14 bits per heavy atom. The third-order valence-electron chi connectivity index (χ3n) is 3.84. The Labute approximate surface area is 126 Å². The van der Waals surface area contributed by atoms with Crippen LogP contribution in [0.4, 0.5) is 0 Å². The first-order valence-electron chi connectivity index (χ1n) is 7.25. The monoisotopic (exact) mass is 309 g/mol. The maximum atomic E-state index is 12.2. The number of nitrogens with one attached hydrogen (secondary N) is 1. The largest absolute Gasteiger partial charge is 0.481 e. The van der Waals surface area contributed by atoms with Crippen LogP contribution in [-0.4, -0.2) is 44.5 Å². The molecule has 8 nitrogen and oxygen atoms in total. The van der Waals surface area contributed by atoms with E-state index >= 15 is 0 Å². The van der Waals surface area contributed by atoms with E-state index in [4.69, 9.17) is 5.11 Å². The number of nitrogens with zero attached hydrogens (tertiary/aromatic N) is 2. The predicted octanol–water partition coefficient (Wildman–Crippen LogP) is -0.360. The van der Waals surface area contributed by atoms with Crippen molar-refractivity contribution in [3.8, 4) is 0 Å². The van der Waals surface area contributed by atoms with Gasteiger partial charge in [0.15, 0.2) is 0 Å². The Bertz CT molecular complexity index is 663. The number of rotatable bonds is 5. The number of piperidine rings is 1. The van der Waals surface area contributed by atoms with Gasteiger partial charge in [-0.3, -0.25) is 23.9 Å². The molecule has 0 aliphatic carbocycles. The van der Waals surface area contributed by atoms with Gasteiger partial charge in [-0.05, 0) is 25.2 Å². The second kappa shape index (κ2) is 7.06. The number of carboxylic acids is 1. The SMILES string of the molecule is O=C(O)CCC1CCCN(C(=O)Cn2ccc(=O)[nH]c2=O)C1. The molecule has 1 aliphatic heterocycles. The number of carbonyl (C=O) groups is 2. The molecule has 1 fully saturated rings. The number of aliphatic carboxylic acids is 1. The molecule has 2 rings (SSSR count). The zero-order chi connectivity index (χ0) is 16.1. The Kier molecular flexibility index (Phi) is 5.13. The topological polar surface area (TPSA) is 112 Å². The molecule has 1 atom stereocenters. The van der Waals surface area contributed by atoms with Crippen molar-refractivity contribution in [2.24, 2.45) is 5.92 Å². The zero-order valence-corrected chi connectivity index (χ0v) is 12.2. The fraction of sp³-hybridized carbons (Fsp3) is 0.571. The molecule has 0 spiro atoms. The lowest BCUT2D eigenvalue weighted by atomic mass is 9.93. The summed E-state index contributed by atoms with van der Waals surface area (Å²) in [6.45, 7) is 1.01. The van der Waals surface area contributed by atoms with E-state index in [0.29, 0.717) is 19.5 Å². The van der Waals surface area contributed by atoms with Crippen LogP contribution in [0.5, 0.6) is 0 Å². The lowest BCUT2D eigenvalue weighted by molar-refractivity contribution is -0.137. The number of hydrogen-bond acceptors (Lipinski definition) is 4. The molecule has 1 unspecified atom stereocenters. The van der Waals surface area contributed by atoms with Gasteiger partial charge in [0.2, 0.25) is 5.91 Å². The van der Waals surface area contributed by atoms with E-state index < -0.39 is 17.2 Å². The van der Waals surface area contributed by atoms with E-state index in [0.717, 1.165) is 17.4 Å². The highest BCUT2D eigenvalue weighted by Gasteiger charge is 2.24. The molecule has 22 heavy (non-hydrogen) atoms. The first-order valence-corrected chi connectivity index (χ1v) is 7.25.